The van der Waals surface area contributed by atoms with Crippen LogP contribution < -0.4 is 4.74 Å². The Bertz CT molecular complexity index is 569. The average molecular weight is 326 g/mol. The minimum atomic E-state index is -1.76. The first-order chi connectivity index (χ1) is 10.9. The van der Waals surface area contributed by atoms with Gasteiger partial charge in [-0.2, -0.15) is 0 Å². The second-order valence-corrected chi connectivity index (χ2v) is 4.58. The molecule has 23 heavy (non-hydrogen) atoms. The fourth-order valence-corrected chi connectivity index (χ4v) is 1.58. The SMILES string of the molecule is COc1cc(C=CC(=O)OC[C@@H](O)[C@@H](O)[C@H](O)C=O)ccc1O. The van der Waals surface area contributed by atoms with Gasteiger partial charge in [0.15, 0.2) is 17.8 Å². The normalized spacial score (nSPS) is 15.0. The minimum Gasteiger partial charge on any atom is -0.504 e. The smallest absolute Gasteiger partial charge is 0.330 e. The Hall–Kier alpha value is -2.42. The van der Waals surface area contributed by atoms with Crippen molar-refractivity contribution in [3.8, 4) is 11.5 Å². The summed E-state index contributed by atoms with van der Waals surface area (Å²) in [7, 11) is 1.39. The van der Waals surface area contributed by atoms with Crippen LogP contribution in [0.25, 0.3) is 6.08 Å². The lowest BCUT2D eigenvalue weighted by molar-refractivity contribution is -0.146. The molecule has 0 aromatic heterocycles. The van der Waals surface area contributed by atoms with Gasteiger partial charge in [0, 0.05) is 6.08 Å². The maximum Gasteiger partial charge on any atom is 0.330 e. The number of esters is 1. The number of aliphatic hydroxyl groups excluding tert-OH is 3. The highest BCUT2D eigenvalue weighted by molar-refractivity contribution is 5.87. The molecule has 1 rings (SSSR count). The summed E-state index contributed by atoms with van der Waals surface area (Å²) in [5.74, 6) is -0.608. The number of phenols is 1. The number of hydrogen-bond donors (Lipinski definition) is 4. The third kappa shape index (κ3) is 5.70. The Balaban J connectivity index is 2.55. The summed E-state index contributed by atoms with van der Waals surface area (Å²) in [5, 5.41) is 37.2. The summed E-state index contributed by atoms with van der Waals surface area (Å²) < 4.78 is 9.60. The van der Waals surface area contributed by atoms with E-state index in [2.05, 4.69) is 4.74 Å². The van der Waals surface area contributed by atoms with E-state index in [0.717, 1.165) is 6.08 Å². The number of aromatic hydroxyl groups is 1. The molecule has 0 fully saturated rings. The number of rotatable bonds is 8. The fraction of sp³-hybridized carbons (Fsp3) is 0.333. The number of benzene rings is 1. The summed E-state index contributed by atoms with van der Waals surface area (Å²) in [5.41, 5.74) is 0.563. The highest BCUT2D eigenvalue weighted by Crippen LogP contribution is 2.26. The van der Waals surface area contributed by atoms with Crippen LogP contribution >= 0.6 is 0 Å². The van der Waals surface area contributed by atoms with Gasteiger partial charge in [-0.15, -0.1) is 0 Å². The number of carbonyl (C=O) groups is 2. The van der Waals surface area contributed by atoms with Crippen LogP contribution in [0.5, 0.6) is 11.5 Å². The van der Waals surface area contributed by atoms with Gasteiger partial charge >= 0.3 is 5.97 Å². The van der Waals surface area contributed by atoms with Crippen molar-refractivity contribution in [1.82, 2.24) is 0 Å². The van der Waals surface area contributed by atoms with E-state index in [9.17, 15) is 24.9 Å². The monoisotopic (exact) mass is 326 g/mol. The molecule has 0 aliphatic heterocycles. The zero-order valence-corrected chi connectivity index (χ0v) is 12.3. The van der Waals surface area contributed by atoms with Crippen LogP contribution in [-0.4, -0.2) is 64.7 Å². The Kier molecular flexibility index (Phi) is 7.20. The average Bonchev–Trinajstić information content (AvgIpc) is 2.57. The van der Waals surface area contributed by atoms with Gasteiger partial charge < -0.3 is 34.7 Å². The molecule has 8 heteroatoms. The topological polar surface area (TPSA) is 134 Å². The van der Waals surface area contributed by atoms with Crippen molar-refractivity contribution < 1.29 is 39.5 Å². The van der Waals surface area contributed by atoms with E-state index < -0.39 is 30.9 Å². The van der Waals surface area contributed by atoms with Gasteiger partial charge in [0.05, 0.1) is 7.11 Å². The van der Waals surface area contributed by atoms with Gasteiger partial charge in [0.1, 0.15) is 24.9 Å². The second kappa shape index (κ2) is 8.89. The maximum atomic E-state index is 11.5. The number of ether oxygens (including phenoxy) is 2. The van der Waals surface area contributed by atoms with Gasteiger partial charge in [-0.25, -0.2) is 4.79 Å². The fourth-order valence-electron chi connectivity index (χ4n) is 1.58. The summed E-state index contributed by atoms with van der Waals surface area (Å²) in [6, 6.07) is 4.43. The molecule has 126 valence electrons. The van der Waals surface area contributed by atoms with Gasteiger partial charge in [-0.05, 0) is 23.8 Å². The van der Waals surface area contributed by atoms with Crippen molar-refractivity contribution in [1.29, 1.82) is 0 Å². The van der Waals surface area contributed by atoms with E-state index in [4.69, 9.17) is 9.84 Å². The first kappa shape index (κ1) is 18.6. The van der Waals surface area contributed by atoms with E-state index in [1.54, 1.807) is 6.07 Å². The number of hydrogen-bond acceptors (Lipinski definition) is 8. The number of aldehydes is 1. The van der Waals surface area contributed by atoms with Crippen molar-refractivity contribution in [2.45, 2.75) is 18.3 Å². The second-order valence-electron chi connectivity index (χ2n) is 4.58. The Labute approximate surface area is 132 Å². The lowest BCUT2D eigenvalue weighted by Gasteiger charge is -2.18. The molecule has 0 aliphatic rings. The molecule has 0 unspecified atom stereocenters. The molecule has 0 radical (unpaired) electrons. The van der Waals surface area contributed by atoms with E-state index in [1.165, 1.54) is 25.3 Å². The maximum absolute atomic E-state index is 11.5. The highest BCUT2D eigenvalue weighted by Gasteiger charge is 2.25. The molecule has 3 atom stereocenters. The quantitative estimate of drug-likeness (QED) is 0.278. The van der Waals surface area contributed by atoms with Crippen LogP contribution in [0.4, 0.5) is 0 Å². The zero-order valence-electron chi connectivity index (χ0n) is 12.3. The summed E-state index contributed by atoms with van der Waals surface area (Å²) in [6.45, 7) is -0.589. The molecular weight excluding hydrogens is 308 g/mol. The summed E-state index contributed by atoms with van der Waals surface area (Å²) in [4.78, 5) is 21.7. The zero-order chi connectivity index (χ0) is 17.4. The number of carbonyl (C=O) groups excluding carboxylic acids is 2. The molecule has 1 aromatic carbocycles. The summed E-state index contributed by atoms with van der Waals surface area (Å²) in [6.07, 6.45) is -2.57. The molecule has 0 bridgehead atoms. The number of phenolic OH excluding ortho intramolecular Hbond substituents is 1. The van der Waals surface area contributed by atoms with Crippen LogP contribution in [0.3, 0.4) is 0 Å². The Morgan fingerprint density at radius 1 is 1.30 bits per heavy atom. The standard InChI is InChI=1S/C15H18O8/c1-22-13-6-9(2-4-10(13)17)3-5-14(20)23-8-12(19)15(21)11(18)7-16/h2-7,11-12,15,17-19,21H,8H2,1H3/t11-,12-,15+/m1/s1. The van der Waals surface area contributed by atoms with Crippen LogP contribution in [0, 0.1) is 0 Å². The lowest BCUT2D eigenvalue weighted by atomic mass is 10.1. The van der Waals surface area contributed by atoms with Gasteiger partial charge in [-0.3, -0.25) is 0 Å². The van der Waals surface area contributed by atoms with Crippen LogP contribution in [0.2, 0.25) is 0 Å². The van der Waals surface area contributed by atoms with Gasteiger partial charge in [0.2, 0.25) is 0 Å². The molecular formula is C15H18O8. The molecule has 0 saturated carbocycles. The van der Waals surface area contributed by atoms with Gasteiger partial charge in [-0.1, -0.05) is 6.07 Å². The predicted molar refractivity (Wildman–Crippen MR) is 78.7 cm³/mol. The molecule has 0 spiro atoms. The number of aliphatic hydroxyl groups is 3. The van der Waals surface area contributed by atoms with E-state index in [0.29, 0.717) is 5.56 Å². The van der Waals surface area contributed by atoms with Crippen LogP contribution in [0.15, 0.2) is 24.3 Å². The molecule has 0 aliphatic carbocycles. The molecule has 8 nitrogen and oxygen atoms in total. The molecule has 1 aromatic rings. The third-order valence-corrected chi connectivity index (χ3v) is 2.90. The minimum absolute atomic E-state index is 0.0435. The molecule has 4 N–H and O–H groups in total. The van der Waals surface area contributed by atoms with Crippen molar-refractivity contribution in [2.75, 3.05) is 13.7 Å². The number of methoxy groups -OCH3 is 1. The van der Waals surface area contributed by atoms with Crippen LogP contribution in [-0.2, 0) is 14.3 Å². The van der Waals surface area contributed by atoms with E-state index >= 15 is 0 Å². The summed E-state index contributed by atoms with van der Waals surface area (Å²) >= 11 is 0. The first-order valence-electron chi connectivity index (χ1n) is 6.60. The van der Waals surface area contributed by atoms with Gasteiger partial charge in [0.25, 0.3) is 0 Å². The van der Waals surface area contributed by atoms with E-state index in [1.807, 2.05) is 0 Å². The highest BCUT2D eigenvalue weighted by atomic mass is 16.5. The third-order valence-electron chi connectivity index (χ3n) is 2.90. The van der Waals surface area contributed by atoms with Crippen molar-refractivity contribution >= 4 is 18.3 Å². The molecule has 0 heterocycles. The largest absolute Gasteiger partial charge is 0.504 e. The first-order valence-corrected chi connectivity index (χ1v) is 6.60. The van der Waals surface area contributed by atoms with Crippen molar-refractivity contribution in [3.63, 3.8) is 0 Å². The predicted octanol–water partition coefficient (Wildman–Crippen LogP) is -0.761. The van der Waals surface area contributed by atoms with Crippen molar-refractivity contribution in [2.24, 2.45) is 0 Å². The van der Waals surface area contributed by atoms with Crippen molar-refractivity contribution in [3.05, 3.63) is 29.8 Å². The molecule has 0 saturated heterocycles. The Morgan fingerprint density at radius 2 is 2.00 bits per heavy atom. The van der Waals surface area contributed by atoms with Crippen LogP contribution in [0.1, 0.15) is 5.56 Å². The lowest BCUT2D eigenvalue weighted by Crippen LogP contribution is -2.41. The Morgan fingerprint density at radius 3 is 2.61 bits per heavy atom. The molecule has 0 amide bonds. The van der Waals surface area contributed by atoms with E-state index in [-0.39, 0.29) is 17.8 Å².